The summed E-state index contributed by atoms with van der Waals surface area (Å²) in [6.07, 6.45) is 0. The van der Waals surface area contributed by atoms with E-state index in [1.807, 2.05) is 24.3 Å². The molecule has 0 heterocycles. The van der Waals surface area contributed by atoms with Gasteiger partial charge in [-0.15, -0.1) is 0 Å². The van der Waals surface area contributed by atoms with E-state index in [1.165, 1.54) is 11.1 Å². The summed E-state index contributed by atoms with van der Waals surface area (Å²) in [6, 6.07) is 16.6. The zero-order valence-electron chi connectivity index (χ0n) is 12.9. The Morgan fingerprint density at radius 2 is 1.67 bits per heavy atom. The molecule has 1 N–H and O–H groups in total. The van der Waals surface area contributed by atoms with Gasteiger partial charge in [-0.05, 0) is 23.3 Å². The molecule has 3 nitrogen and oxygen atoms in total. The summed E-state index contributed by atoms with van der Waals surface area (Å²) in [5, 5.41) is 3.42. The molecule has 0 atom stereocenters. The molecule has 0 amide bonds. The number of hydrogen-bond acceptors (Lipinski definition) is 3. The third-order valence-corrected chi connectivity index (χ3v) is 3.15. The van der Waals surface area contributed by atoms with Crippen molar-refractivity contribution in [1.29, 1.82) is 0 Å². The van der Waals surface area contributed by atoms with E-state index in [-0.39, 0.29) is 0 Å². The van der Waals surface area contributed by atoms with Crippen LogP contribution in [0, 0.1) is 0 Å². The van der Waals surface area contributed by atoms with Crippen LogP contribution in [-0.2, 0) is 13.2 Å². The smallest absolute Gasteiger partial charge is 0.123 e. The molecule has 2 aromatic carbocycles. The Kier molecular flexibility index (Phi) is 5.64. The molecule has 0 aliphatic heterocycles. The highest BCUT2D eigenvalue weighted by Gasteiger charge is 2.00. The first-order chi connectivity index (χ1) is 10.2. The zero-order chi connectivity index (χ0) is 15.1. The number of rotatable bonds is 7. The molecule has 0 bridgehead atoms. The first-order valence-corrected chi connectivity index (χ1v) is 7.25. The Morgan fingerprint density at radius 1 is 0.952 bits per heavy atom. The van der Waals surface area contributed by atoms with Crippen molar-refractivity contribution in [1.82, 2.24) is 5.32 Å². The minimum atomic E-state index is 0.488. The highest BCUT2D eigenvalue weighted by Crippen LogP contribution is 2.20. The first-order valence-electron chi connectivity index (χ1n) is 7.25. The lowest BCUT2D eigenvalue weighted by atomic mass is 10.1. The van der Waals surface area contributed by atoms with Crippen LogP contribution in [0.3, 0.4) is 0 Å². The van der Waals surface area contributed by atoms with Gasteiger partial charge < -0.3 is 14.8 Å². The molecule has 112 valence electrons. The first kappa shape index (κ1) is 15.4. The molecular formula is C18H23NO2. The van der Waals surface area contributed by atoms with E-state index in [1.54, 1.807) is 7.11 Å². The molecule has 0 aliphatic carbocycles. The van der Waals surface area contributed by atoms with E-state index in [2.05, 4.69) is 43.4 Å². The van der Waals surface area contributed by atoms with E-state index >= 15 is 0 Å². The predicted octanol–water partition coefficient (Wildman–Crippen LogP) is 3.77. The van der Waals surface area contributed by atoms with Crippen molar-refractivity contribution < 1.29 is 9.47 Å². The minimum Gasteiger partial charge on any atom is -0.497 e. The lowest BCUT2D eigenvalue weighted by Gasteiger charge is -2.11. The van der Waals surface area contributed by atoms with Crippen LogP contribution in [-0.4, -0.2) is 13.2 Å². The molecule has 0 saturated heterocycles. The molecule has 21 heavy (non-hydrogen) atoms. The number of methoxy groups -OCH3 is 1. The fraction of sp³-hybridized carbons (Fsp3) is 0.333. The van der Waals surface area contributed by atoms with Crippen molar-refractivity contribution in [3.63, 3.8) is 0 Å². The standard InChI is InChI=1S/C18H23NO2/c1-14(2)19-12-15-6-4-7-16(10-15)13-21-18-9-5-8-17(11-18)20-3/h4-11,14,19H,12-13H2,1-3H3. The molecule has 0 saturated carbocycles. The average molecular weight is 285 g/mol. The minimum absolute atomic E-state index is 0.488. The van der Waals surface area contributed by atoms with Gasteiger partial charge in [-0.2, -0.15) is 0 Å². The Bertz CT molecular complexity index is 567. The van der Waals surface area contributed by atoms with Crippen molar-refractivity contribution in [2.75, 3.05) is 7.11 Å². The summed E-state index contributed by atoms with van der Waals surface area (Å²) in [6.45, 7) is 5.73. The molecular weight excluding hydrogens is 262 g/mol. The van der Waals surface area contributed by atoms with Gasteiger partial charge in [0.1, 0.15) is 18.1 Å². The van der Waals surface area contributed by atoms with Crippen LogP contribution in [0.1, 0.15) is 25.0 Å². The fourth-order valence-corrected chi connectivity index (χ4v) is 2.01. The molecule has 3 heteroatoms. The van der Waals surface area contributed by atoms with Gasteiger partial charge >= 0.3 is 0 Å². The molecule has 0 aromatic heterocycles. The highest BCUT2D eigenvalue weighted by atomic mass is 16.5. The van der Waals surface area contributed by atoms with Crippen molar-refractivity contribution in [3.05, 3.63) is 59.7 Å². The third kappa shape index (κ3) is 5.12. The molecule has 0 spiro atoms. The van der Waals surface area contributed by atoms with Gasteiger partial charge in [0, 0.05) is 18.7 Å². The summed E-state index contributed by atoms with van der Waals surface area (Å²) in [4.78, 5) is 0. The summed E-state index contributed by atoms with van der Waals surface area (Å²) in [7, 11) is 1.66. The number of nitrogens with one attached hydrogen (secondary N) is 1. The van der Waals surface area contributed by atoms with E-state index in [0.717, 1.165) is 18.0 Å². The van der Waals surface area contributed by atoms with Crippen molar-refractivity contribution in [2.45, 2.75) is 33.0 Å². The SMILES string of the molecule is COc1cccc(OCc2cccc(CNC(C)C)c2)c1. The lowest BCUT2D eigenvalue weighted by molar-refractivity contribution is 0.303. The average Bonchev–Trinajstić information content (AvgIpc) is 2.51. The van der Waals surface area contributed by atoms with Gasteiger partial charge in [0.15, 0.2) is 0 Å². The van der Waals surface area contributed by atoms with Crippen molar-refractivity contribution >= 4 is 0 Å². The molecule has 0 fully saturated rings. The van der Waals surface area contributed by atoms with E-state index < -0.39 is 0 Å². The van der Waals surface area contributed by atoms with Crippen molar-refractivity contribution in [3.8, 4) is 11.5 Å². The Morgan fingerprint density at radius 3 is 2.43 bits per heavy atom. The Labute approximate surface area is 126 Å². The van der Waals surface area contributed by atoms with Crippen LogP contribution in [0.2, 0.25) is 0 Å². The number of benzene rings is 2. The van der Waals surface area contributed by atoms with Gasteiger partial charge in [-0.1, -0.05) is 44.2 Å². The Hall–Kier alpha value is -2.00. The molecule has 0 aliphatic rings. The maximum Gasteiger partial charge on any atom is 0.123 e. The fourth-order valence-electron chi connectivity index (χ4n) is 2.01. The predicted molar refractivity (Wildman–Crippen MR) is 85.7 cm³/mol. The van der Waals surface area contributed by atoms with Gasteiger partial charge in [-0.25, -0.2) is 0 Å². The van der Waals surface area contributed by atoms with Crippen LogP contribution >= 0.6 is 0 Å². The zero-order valence-corrected chi connectivity index (χ0v) is 12.9. The monoisotopic (exact) mass is 285 g/mol. The lowest BCUT2D eigenvalue weighted by Crippen LogP contribution is -2.21. The van der Waals surface area contributed by atoms with Crippen LogP contribution < -0.4 is 14.8 Å². The van der Waals surface area contributed by atoms with E-state index in [0.29, 0.717) is 12.6 Å². The Balaban J connectivity index is 1.94. The molecule has 2 aromatic rings. The summed E-state index contributed by atoms with van der Waals surface area (Å²) >= 11 is 0. The summed E-state index contributed by atoms with van der Waals surface area (Å²) in [5.74, 6) is 1.63. The normalized spacial score (nSPS) is 10.7. The third-order valence-electron chi connectivity index (χ3n) is 3.15. The maximum absolute atomic E-state index is 5.81. The number of hydrogen-bond donors (Lipinski definition) is 1. The summed E-state index contributed by atoms with van der Waals surface area (Å²) < 4.78 is 11.0. The summed E-state index contributed by atoms with van der Waals surface area (Å²) in [5.41, 5.74) is 2.44. The second kappa shape index (κ2) is 7.70. The van der Waals surface area contributed by atoms with Crippen LogP contribution in [0.5, 0.6) is 11.5 Å². The topological polar surface area (TPSA) is 30.5 Å². The molecule has 0 unspecified atom stereocenters. The van der Waals surface area contributed by atoms with E-state index in [4.69, 9.17) is 9.47 Å². The van der Waals surface area contributed by atoms with Gasteiger partial charge in [0.05, 0.1) is 7.11 Å². The van der Waals surface area contributed by atoms with Crippen LogP contribution in [0.15, 0.2) is 48.5 Å². The second-order valence-corrected chi connectivity index (χ2v) is 5.32. The molecule has 2 rings (SSSR count). The quantitative estimate of drug-likeness (QED) is 0.840. The maximum atomic E-state index is 5.81. The van der Waals surface area contributed by atoms with Crippen molar-refractivity contribution in [2.24, 2.45) is 0 Å². The van der Waals surface area contributed by atoms with Gasteiger partial charge in [0.2, 0.25) is 0 Å². The van der Waals surface area contributed by atoms with E-state index in [9.17, 15) is 0 Å². The van der Waals surface area contributed by atoms with Crippen LogP contribution in [0.25, 0.3) is 0 Å². The van der Waals surface area contributed by atoms with Crippen LogP contribution in [0.4, 0.5) is 0 Å². The second-order valence-electron chi connectivity index (χ2n) is 5.32. The molecule has 0 radical (unpaired) electrons. The van der Waals surface area contributed by atoms with Gasteiger partial charge in [-0.3, -0.25) is 0 Å². The highest BCUT2D eigenvalue weighted by molar-refractivity contribution is 5.33. The number of ether oxygens (including phenoxy) is 2. The van der Waals surface area contributed by atoms with Gasteiger partial charge in [0.25, 0.3) is 0 Å². The largest absolute Gasteiger partial charge is 0.497 e.